The van der Waals surface area contributed by atoms with Crippen LogP contribution in [-0.2, 0) is 0 Å². The van der Waals surface area contributed by atoms with Crippen LogP contribution in [0.25, 0.3) is 10.6 Å². The lowest BCUT2D eigenvalue weighted by Gasteiger charge is -2.26. The summed E-state index contributed by atoms with van der Waals surface area (Å²) < 4.78 is 0. The Kier molecular flexibility index (Phi) is 3.52. The van der Waals surface area contributed by atoms with Gasteiger partial charge in [-0.15, -0.1) is 11.3 Å². The average Bonchev–Trinajstić information content (AvgIpc) is 3.05. The van der Waals surface area contributed by atoms with Crippen LogP contribution in [0.2, 0.25) is 5.02 Å². The van der Waals surface area contributed by atoms with Crippen LogP contribution < -0.4 is 10.6 Å². The van der Waals surface area contributed by atoms with Crippen molar-refractivity contribution >= 4 is 34.5 Å². The number of benzene rings is 2. The molecule has 1 aliphatic rings. The molecule has 1 atom stereocenters. The van der Waals surface area contributed by atoms with Gasteiger partial charge in [0.1, 0.15) is 11.2 Å². The van der Waals surface area contributed by atoms with E-state index in [2.05, 4.69) is 15.6 Å². The maximum atomic E-state index is 12.2. The molecule has 114 valence electrons. The second kappa shape index (κ2) is 5.68. The van der Waals surface area contributed by atoms with Gasteiger partial charge in [0.25, 0.3) is 5.91 Å². The largest absolute Gasteiger partial charge is 0.360 e. The lowest BCUT2D eigenvalue weighted by Crippen LogP contribution is -2.38. The summed E-state index contributed by atoms with van der Waals surface area (Å²) in [5.74, 6) is -0.0922. The number of rotatable bonds is 2. The van der Waals surface area contributed by atoms with Gasteiger partial charge in [-0.3, -0.25) is 4.79 Å². The third-order valence-electron chi connectivity index (χ3n) is 3.66. The van der Waals surface area contributed by atoms with E-state index in [1.807, 2.05) is 47.8 Å². The van der Waals surface area contributed by atoms with Crippen LogP contribution >= 0.6 is 22.9 Å². The van der Waals surface area contributed by atoms with E-state index >= 15 is 0 Å². The number of fused-ring (bicyclic) bond motifs is 1. The highest BCUT2D eigenvalue weighted by Crippen LogP contribution is 2.30. The molecular formula is C17H12ClN3OS. The Labute approximate surface area is 142 Å². The molecule has 0 fully saturated rings. The first-order valence-corrected chi connectivity index (χ1v) is 8.34. The van der Waals surface area contributed by atoms with Crippen LogP contribution in [0.4, 0.5) is 5.69 Å². The molecule has 0 radical (unpaired) electrons. The van der Waals surface area contributed by atoms with E-state index in [1.165, 1.54) is 11.3 Å². The van der Waals surface area contributed by atoms with Crippen LogP contribution in [0.1, 0.15) is 22.2 Å². The summed E-state index contributed by atoms with van der Waals surface area (Å²) in [6.45, 7) is 0. The van der Waals surface area contributed by atoms with Gasteiger partial charge in [0.05, 0.1) is 11.3 Å². The zero-order chi connectivity index (χ0) is 15.8. The van der Waals surface area contributed by atoms with Crippen molar-refractivity contribution in [3.05, 3.63) is 70.2 Å². The van der Waals surface area contributed by atoms with E-state index in [0.717, 1.165) is 22.0 Å². The van der Waals surface area contributed by atoms with Crippen LogP contribution in [-0.4, -0.2) is 10.9 Å². The molecule has 4 nitrogen and oxygen atoms in total. The van der Waals surface area contributed by atoms with Crippen molar-refractivity contribution in [1.29, 1.82) is 0 Å². The van der Waals surface area contributed by atoms with Gasteiger partial charge in [0.2, 0.25) is 0 Å². The number of anilines is 1. The number of nitrogens with zero attached hydrogens (tertiary/aromatic N) is 1. The summed E-state index contributed by atoms with van der Waals surface area (Å²) in [6.07, 6.45) is -0.324. The first kappa shape index (κ1) is 14.2. The Balaban J connectivity index is 1.63. The maximum absolute atomic E-state index is 12.2. The number of carbonyl (C=O) groups excluding carboxylic acids is 1. The van der Waals surface area contributed by atoms with Crippen LogP contribution in [0.5, 0.6) is 0 Å². The number of hydrogen-bond donors (Lipinski definition) is 2. The topological polar surface area (TPSA) is 54.0 Å². The van der Waals surface area contributed by atoms with Crippen molar-refractivity contribution in [2.75, 3.05) is 5.32 Å². The smallest absolute Gasteiger partial charge is 0.255 e. The Bertz CT molecular complexity index is 876. The lowest BCUT2D eigenvalue weighted by atomic mass is 10.1. The normalized spacial score (nSPS) is 16.4. The zero-order valence-corrected chi connectivity index (χ0v) is 13.5. The first-order chi connectivity index (χ1) is 11.2. The predicted molar refractivity (Wildman–Crippen MR) is 92.8 cm³/mol. The number of nitrogens with one attached hydrogen (secondary N) is 2. The molecule has 2 heterocycles. The maximum Gasteiger partial charge on any atom is 0.255 e. The molecule has 1 aliphatic heterocycles. The molecule has 0 saturated heterocycles. The molecule has 6 heteroatoms. The van der Waals surface area contributed by atoms with Crippen LogP contribution in [0, 0.1) is 0 Å². The van der Waals surface area contributed by atoms with Crippen molar-refractivity contribution in [3.8, 4) is 10.6 Å². The third kappa shape index (κ3) is 2.69. The van der Waals surface area contributed by atoms with Crippen LogP contribution in [0.15, 0.2) is 53.9 Å². The van der Waals surface area contributed by atoms with E-state index in [0.29, 0.717) is 10.6 Å². The Morgan fingerprint density at radius 2 is 1.83 bits per heavy atom. The summed E-state index contributed by atoms with van der Waals surface area (Å²) in [7, 11) is 0. The van der Waals surface area contributed by atoms with Crippen molar-refractivity contribution < 1.29 is 4.79 Å². The highest BCUT2D eigenvalue weighted by atomic mass is 35.5. The second-order valence-corrected chi connectivity index (χ2v) is 6.48. The Morgan fingerprint density at radius 1 is 1.04 bits per heavy atom. The van der Waals surface area contributed by atoms with Gasteiger partial charge in [0, 0.05) is 21.7 Å². The summed E-state index contributed by atoms with van der Waals surface area (Å²) in [4.78, 5) is 16.8. The quantitative estimate of drug-likeness (QED) is 0.730. The fourth-order valence-corrected chi connectivity index (χ4v) is 3.48. The van der Waals surface area contributed by atoms with E-state index in [4.69, 9.17) is 11.6 Å². The monoisotopic (exact) mass is 341 g/mol. The summed E-state index contributed by atoms with van der Waals surface area (Å²) in [5, 5.41) is 9.79. The number of para-hydroxylation sites is 1. The molecule has 0 saturated carbocycles. The van der Waals surface area contributed by atoms with Gasteiger partial charge in [0.15, 0.2) is 0 Å². The van der Waals surface area contributed by atoms with Gasteiger partial charge in [-0.05, 0) is 24.3 Å². The zero-order valence-electron chi connectivity index (χ0n) is 11.9. The number of hydrogen-bond acceptors (Lipinski definition) is 4. The predicted octanol–water partition coefficient (Wildman–Crippen LogP) is 4.32. The highest BCUT2D eigenvalue weighted by molar-refractivity contribution is 7.13. The van der Waals surface area contributed by atoms with Gasteiger partial charge < -0.3 is 10.6 Å². The summed E-state index contributed by atoms with van der Waals surface area (Å²) in [6, 6.07) is 15.0. The molecule has 2 N–H and O–H groups in total. The molecule has 1 amide bonds. The number of aromatic nitrogens is 1. The van der Waals surface area contributed by atoms with Crippen molar-refractivity contribution in [2.45, 2.75) is 6.17 Å². The fourth-order valence-electron chi connectivity index (χ4n) is 2.50. The molecule has 2 aromatic carbocycles. The van der Waals surface area contributed by atoms with Gasteiger partial charge in [-0.1, -0.05) is 35.9 Å². The second-order valence-electron chi connectivity index (χ2n) is 5.18. The molecule has 0 aliphatic carbocycles. The molecular weight excluding hydrogens is 330 g/mol. The van der Waals surface area contributed by atoms with Crippen LogP contribution in [0.3, 0.4) is 0 Å². The van der Waals surface area contributed by atoms with E-state index < -0.39 is 0 Å². The molecule has 23 heavy (non-hydrogen) atoms. The fraction of sp³-hybridized carbons (Fsp3) is 0.0588. The number of carbonyl (C=O) groups is 1. The average molecular weight is 342 g/mol. The molecule has 0 unspecified atom stereocenters. The molecule has 3 aromatic rings. The summed E-state index contributed by atoms with van der Waals surface area (Å²) >= 11 is 7.45. The van der Waals surface area contributed by atoms with Gasteiger partial charge >= 0.3 is 0 Å². The number of thiazole rings is 1. The Morgan fingerprint density at radius 3 is 2.65 bits per heavy atom. The highest BCUT2D eigenvalue weighted by Gasteiger charge is 2.25. The van der Waals surface area contributed by atoms with E-state index in [1.54, 1.807) is 6.07 Å². The SMILES string of the molecule is O=C1N[C@H](c2csc(-c3ccc(Cl)cc3)n2)Nc2ccccc21. The molecule has 1 aromatic heterocycles. The van der Waals surface area contributed by atoms with E-state index in [9.17, 15) is 4.79 Å². The van der Waals surface area contributed by atoms with E-state index in [-0.39, 0.29) is 12.1 Å². The van der Waals surface area contributed by atoms with Gasteiger partial charge in [-0.25, -0.2) is 4.98 Å². The van der Waals surface area contributed by atoms with Gasteiger partial charge in [-0.2, -0.15) is 0 Å². The minimum Gasteiger partial charge on any atom is -0.360 e. The van der Waals surface area contributed by atoms with Crippen molar-refractivity contribution in [1.82, 2.24) is 10.3 Å². The Hall–Kier alpha value is -2.37. The molecule has 0 bridgehead atoms. The molecule has 4 rings (SSSR count). The lowest BCUT2D eigenvalue weighted by molar-refractivity contribution is 0.0935. The third-order valence-corrected chi connectivity index (χ3v) is 4.82. The molecule has 0 spiro atoms. The minimum atomic E-state index is -0.324. The standard InChI is InChI=1S/C17H12ClN3OS/c18-11-7-5-10(6-8-11)17-20-14(9-23-17)15-19-13-4-2-1-3-12(13)16(22)21-15/h1-9,15,19H,(H,21,22)/t15-/m1/s1. The van der Waals surface area contributed by atoms with Crippen molar-refractivity contribution in [2.24, 2.45) is 0 Å². The number of amides is 1. The van der Waals surface area contributed by atoms with Crippen molar-refractivity contribution in [3.63, 3.8) is 0 Å². The minimum absolute atomic E-state index is 0.0922. The first-order valence-electron chi connectivity index (χ1n) is 7.08. The number of halogens is 1. The summed E-state index contributed by atoms with van der Waals surface area (Å²) in [5.41, 5.74) is 3.27.